The van der Waals surface area contributed by atoms with Crippen molar-refractivity contribution in [2.75, 3.05) is 11.5 Å². The second-order valence-electron chi connectivity index (χ2n) is 3.78. The number of nitrogens with zero attached hydrogens (tertiary/aromatic N) is 1. The van der Waals surface area contributed by atoms with Crippen LogP contribution in [0, 0.1) is 0 Å². The molecule has 0 atom stereocenters. The molecule has 1 aromatic heterocycles. The molecule has 16 heavy (non-hydrogen) atoms. The van der Waals surface area contributed by atoms with Gasteiger partial charge in [-0.3, -0.25) is 4.98 Å². The van der Waals surface area contributed by atoms with E-state index in [1.807, 2.05) is 30.1 Å². The van der Waals surface area contributed by atoms with Gasteiger partial charge in [-0.05, 0) is 30.4 Å². The number of hydrogen-bond acceptors (Lipinski definition) is 3. The SMILES string of the molecule is CCCCSc1ccc(N)c2ccncc12. The molecule has 0 radical (unpaired) electrons. The molecule has 1 aromatic carbocycles. The van der Waals surface area contributed by atoms with Gasteiger partial charge in [-0.2, -0.15) is 0 Å². The smallest absolute Gasteiger partial charge is 0.0395 e. The van der Waals surface area contributed by atoms with Gasteiger partial charge in [0.2, 0.25) is 0 Å². The quantitative estimate of drug-likeness (QED) is 0.496. The number of unbranched alkanes of at least 4 members (excludes halogenated alkanes) is 1. The second-order valence-corrected chi connectivity index (χ2v) is 4.91. The summed E-state index contributed by atoms with van der Waals surface area (Å²) < 4.78 is 0. The van der Waals surface area contributed by atoms with E-state index in [9.17, 15) is 0 Å². The first-order valence-corrected chi connectivity index (χ1v) is 6.56. The topological polar surface area (TPSA) is 38.9 Å². The molecule has 0 fully saturated rings. The Morgan fingerprint density at radius 3 is 2.94 bits per heavy atom. The van der Waals surface area contributed by atoms with Crippen LogP contribution in [0.4, 0.5) is 5.69 Å². The summed E-state index contributed by atoms with van der Waals surface area (Å²) in [7, 11) is 0. The van der Waals surface area contributed by atoms with E-state index in [0.29, 0.717) is 0 Å². The zero-order valence-corrected chi connectivity index (χ0v) is 10.3. The highest BCUT2D eigenvalue weighted by molar-refractivity contribution is 7.99. The number of hydrogen-bond donors (Lipinski definition) is 1. The molecular formula is C13H16N2S. The van der Waals surface area contributed by atoms with Crippen LogP contribution < -0.4 is 5.73 Å². The maximum Gasteiger partial charge on any atom is 0.0395 e. The Morgan fingerprint density at radius 1 is 1.25 bits per heavy atom. The third-order valence-corrected chi connectivity index (χ3v) is 3.73. The molecule has 2 rings (SSSR count). The Balaban J connectivity index is 2.35. The molecule has 0 spiro atoms. The highest BCUT2D eigenvalue weighted by Crippen LogP contribution is 2.31. The molecule has 84 valence electrons. The minimum absolute atomic E-state index is 0.831. The van der Waals surface area contributed by atoms with Gasteiger partial charge in [0.15, 0.2) is 0 Å². The average Bonchev–Trinajstić information content (AvgIpc) is 2.33. The van der Waals surface area contributed by atoms with Crippen molar-refractivity contribution in [1.29, 1.82) is 0 Å². The lowest BCUT2D eigenvalue weighted by Crippen LogP contribution is -1.89. The van der Waals surface area contributed by atoms with Gasteiger partial charge in [0.25, 0.3) is 0 Å². The van der Waals surface area contributed by atoms with Crippen molar-refractivity contribution in [2.24, 2.45) is 0 Å². The van der Waals surface area contributed by atoms with Crippen LogP contribution in [0.25, 0.3) is 10.8 Å². The van der Waals surface area contributed by atoms with E-state index in [1.54, 1.807) is 6.20 Å². The summed E-state index contributed by atoms with van der Waals surface area (Å²) in [5.41, 5.74) is 6.77. The van der Waals surface area contributed by atoms with E-state index in [4.69, 9.17) is 5.73 Å². The summed E-state index contributed by atoms with van der Waals surface area (Å²) in [4.78, 5) is 5.46. The van der Waals surface area contributed by atoms with Crippen molar-refractivity contribution in [2.45, 2.75) is 24.7 Å². The van der Waals surface area contributed by atoms with Gasteiger partial charge in [-0.25, -0.2) is 0 Å². The normalized spacial score (nSPS) is 10.8. The van der Waals surface area contributed by atoms with Crippen molar-refractivity contribution in [3.63, 3.8) is 0 Å². The van der Waals surface area contributed by atoms with E-state index >= 15 is 0 Å². The fraction of sp³-hybridized carbons (Fsp3) is 0.308. The highest BCUT2D eigenvalue weighted by Gasteiger charge is 2.03. The summed E-state index contributed by atoms with van der Waals surface area (Å²) in [6.45, 7) is 2.21. The number of pyridine rings is 1. The molecule has 0 saturated carbocycles. The zero-order chi connectivity index (χ0) is 11.4. The molecule has 0 bridgehead atoms. The molecule has 0 aliphatic heterocycles. The molecule has 0 aliphatic carbocycles. The third kappa shape index (κ3) is 2.30. The molecular weight excluding hydrogens is 216 g/mol. The van der Waals surface area contributed by atoms with Crippen molar-refractivity contribution in [3.8, 4) is 0 Å². The molecule has 1 heterocycles. The van der Waals surface area contributed by atoms with Crippen LogP contribution >= 0.6 is 11.8 Å². The Hall–Kier alpha value is -1.22. The summed E-state index contributed by atoms with van der Waals surface area (Å²) >= 11 is 1.89. The number of thioether (sulfide) groups is 1. The lowest BCUT2D eigenvalue weighted by molar-refractivity contribution is 0.896. The average molecular weight is 232 g/mol. The van der Waals surface area contributed by atoms with Gasteiger partial charge in [0.1, 0.15) is 0 Å². The number of aromatic nitrogens is 1. The lowest BCUT2D eigenvalue weighted by atomic mass is 10.1. The summed E-state index contributed by atoms with van der Waals surface area (Å²) in [6.07, 6.45) is 6.17. The van der Waals surface area contributed by atoms with E-state index < -0.39 is 0 Å². The van der Waals surface area contributed by atoms with E-state index in [0.717, 1.165) is 16.8 Å². The molecule has 0 amide bonds. The summed E-state index contributed by atoms with van der Waals surface area (Å²) in [6, 6.07) is 6.06. The fourth-order valence-corrected chi connectivity index (χ4v) is 2.78. The van der Waals surface area contributed by atoms with E-state index in [1.165, 1.54) is 23.1 Å². The Bertz CT molecular complexity index is 482. The monoisotopic (exact) mass is 232 g/mol. The Kier molecular flexibility index (Phi) is 3.67. The predicted octanol–water partition coefficient (Wildman–Crippen LogP) is 3.71. The molecule has 3 heteroatoms. The number of fused-ring (bicyclic) bond motifs is 1. The van der Waals surface area contributed by atoms with Gasteiger partial charge in [-0.1, -0.05) is 13.3 Å². The third-order valence-electron chi connectivity index (χ3n) is 2.57. The summed E-state index contributed by atoms with van der Waals surface area (Å²) in [5.74, 6) is 1.16. The first-order valence-electron chi connectivity index (χ1n) is 5.58. The van der Waals surface area contributed by atoms with Crippen LogP contribution in [0.5, 0.6) is 0 Å². The number of nitrogen functional groups attached to an aromatic ring is 1. The Labute approximate surface area is 100 Å². The van der Waals surface area contributed by atoms with Crippen LogP contribution in [-0.2, 0) is 0 Å². The minimum atomic E-state index is 0.831. The molecule has 0 aliphatic rings. The molecule has 2 nitrogen and oxygen atoms in total. The minimum Gasteiger partial charge on any atom is -0.398 e. The van der Waals surface area contributed by atoms with Gasteiger partial charge >= 0.3 is 0 Å². The highest BCUT2D eigenvalue weighted by atomic mass is 32.2. The fourth-order valence-electron chi connectivity index (χ4n) is 1.64. The van der Waals surface area contributed by atoms with Crippen LogP contribution in [0.2, 0.25) is 0 Å². The number of nitrogens with two attached hydrogens (primary N) is 1. The van der Waals surface area contributed by atoms with Gasteiger partial charge in [0, 0.05) is 33.7 Å². The first-order chi connectivity index (χ1) is 7.83. The molecule has 0 saturated heterocycles. The van der Waals surface area contributed by atoms with E-state index in [2.05, 4.69) is 18.0 Å². The second kappa shape index (κ2) is 5.21. The molecule has 0 unspecified atom stereocenters. The number of benzene rings is 1. The van der Waals surface area contributed by atoms with E-state index in [-0.39, 0.29) is 0 Å². The maximum absolute atomic E-state index is 5.94. The number of anilines is 1. The van der Waals surface area contributed by atoms with Gasteiger partial charge in [-0.15, -0.1) is 11.8 Å². The van der Waals surface area contributed by atoms with Crippen LogP contribution in [0.1, 0.15) is 19.8 Å². The van der Waals surface area contributed by atoms with Crippen molar-refractivity contribution in [3.05, 3.63) is 30.6 Å². The van der Waals surface area contributed by atoms with Gasteiger partial charge in [0.05, 0.1) is 0 Å². The molecule has 2 aromatic rings. The van der Waals surface area contributed by atoms with Crippen LogP contribution in [0.15, 0.2) is 35.5 Å². The largest absolute Gasteiger partial charge is 0.398 e. The maximum atomic E-state index is 5.94. The lowest BCUT2D eigenvalue weighted by Gasteiger charge is -2.07. The molecule has 2 N–H and O–H groups in total. The van der Waals surface area contributed by atoms with Crippen LogP contribution in [0.3, 0.4) is 0 Å². The first kappa shape index (κ1) is 11.3. The number of rotatable bonds is 4. The zero-order valence-electron chi connectivity index (χ0n) is 9.44. The predicted molar refractivity (Wildman–Crippen MR) is 71.8 cm³/mol. The van der Waals surface area contributed by atoms with Crippen molar-refractivity contribution in [1.82, 2.24) is 4.98 Å². The summed E-state index contributed by atoms with van der Waals surface area (Å²) in [5, 5.41) is 2.28. The Morgan fingerprint density at radius 2 is 2.12 bits per heavy atom. The van der Waals surface area contributed by atoms with Gasteiger partial charge < -0.3 is 5.73 Å². The van der Waals surface area contributed by atoms with Crippen molar-refractivity contribution >= 4 is 28.2 Å². The van der Waals surface area contributed by atoms with Crippen LogP contribution in [-0.4, -0.2) is 10.7 Å². The standard InChI is InChI=1S/C13H16N2S/c1-2-3-8-16-13-5-4-12(14)10-6-7-15-9-11(10)13/h4-7,9H,2-3,8,14H2,1H3. The van der Waals surface area contributed by atoms with Crippen molar-refractivity contribution < 1.29 is 0 Å².